The van der Waals surface area contributed by atoms with Crippen LogP contribution in [0, 0.1) is 0 Å². The zero-order chi connectivity index (χ0) is 21.6. The molecule has 158 valence electrons. The van der Waals surface area contributed by atoms with Gasteiger partial charge in [0.15, 0.2) is 6.61 Å². The highest BCUT2D eigenvalue weighted by molar-refractivity contribution is 6.30. The fraction of sp³-hybridized carbons (Fsp3) is 0.348. The Morgan fingerprint density at radius 2 is 1.73 bits per heavy atom. The van der Waals surface area contributed by atoms with E-state index in [-0.39, 0.29) is 12.5 Å². The molecular formula is C23H25ClN2O4. The third kappa shape index (κ3) is 5.00. The van der Waals surface area contributed by atoms with Crippen LogP contribution in [0.5, 0.6) is 0 Å². The van der Waals surface area contributed by atoms with Gasteiger partial charge in [-0.15, -0.1) is 0 Å². The van der Waals surface area contributed by atoms with Crippen LogP contribution in [0.25, 0.3) is 0 Å². The van der Waals surface area contributed by atoms with E-state index < -0.39 is 17.3 Å². The van der Waals surface area contributed by atoms with Gasteiger partial charge in [-0.2, -0.15) is 0 Å². The largest absolute Gasteiger partial charge is 0.455 e. The summed E-state index contributed by atoms with van der Waals surface area (Å²) in [5.41, 5.74) is 1.08. The van der Waals surface area contributed by atoms with Gasteiger partial charge in [0.2, 0.25) is 0 Å². The van der Waals surface area contributed by atoms with Gasteiger partial charge in [0.05, 0.1) is 5.41 Å². The van der Waals surface area contributed by atoms with Crippen LogP contribution in [0.4, 0.5) is 5.69 Å². The maximum absolute atomic E-state index is 13.1. The number of anilines is 1. The molecule has 0 aliphatic heterocycles. The number of benzene rings is 2. The topological polar surface area (TPSA) is 84.5 Å². The molecule has 0 radical (unpaired) electrons. The van der Waals surface area contributed by atoms with Crippen LogP contribution in [0.1, 0.15) is 48.0 Å². The Morgan fingerprint density at radius 1 is 1.03 bits per heavy atom. The molecule has 0 heterocycles. The first kappa shape index (κ1) is 21.8. The molecule has 1 aliphatic carbocycles. The monoisotopic (exact) mass is 428 g/mol. The second kappa shape index (κ2) is 9.76. The van der Waals surface area contributed by atoms with E-state index in [4.69, 9.17) is 16.3 Å². The van der Waals surface area contributed by atoms with E-state index in [9.17, 15) is 14.4 Å². The smallest absolute Gasteiger partial charge is 0.317 e. The summed E-state index contributed by atoms with van der Waals surface area (Å²) in [5, 5.41) is 5.78. The zero-order valence-electron chi connectivity index (χ0n) is 16.9. The van der Waals surface area contributed by atoms with Crippen molar-refractivity contribution in [3.8, 4) is 0 Å². The predicted octanol–water partition coefficient (Wildman–Crippen LogP) is 4.08. The van der Waals surface area contributed by atoms with Gasteiger partial charge in [0.25, 0.3) is 11.8 Å². The molecule has 1 aliphatic rings. The summed E-state index contributed by atoms with van der Waals surface area (Å²) >= 11 is 6.15. The molecule has 0 unspecified atom stereocenters. The van der Waals surface area contributed by atoms with E-state index in [1.165, 1.54) is 0 Å². The molecule has 2 N–H and O–H groups in total. The molecule has 0 bridgehead atoms. The first-order valence-corrected chi connectivity index (χ1v) is 10.4. The molecule has 0 saturated heterocycles. The van der Waals surface area contributed by atoms with Crippen LogP contribution in [0.2, 0.25) is 5.02 Å². The van der Waals surface area contributed by atoms with Gasteiger partial charge < -0.3 is 15.4 Å². The van der Waals surface area contributed by atoms with E-state index in [0.717, 1.165) is 24.8 Å². The first-order chi connectivity index (χ1) is 14.4. The van der Waals surface area contributed by atoms with Crippen molar-refractivity contribution in [3.05, 3.63) is 64.7 Å². The van der Waals surface area contributed by atoms with Gasteiger partial charge in [-0.05, 0) is 54.8 Å². The van der Waals surface area contributed by atoms with E-state index in [1.807, 2.05) is 18.2 Å². The van der Waals surface area contributed by atoms with Crippen molar-refractivity contribution < 1.29 is 19.1 Å². The Bertz CT molecular complexity index is 921. The van der Waals surface area contributed by atoms with Crippen LogP contribution in [-0.2, 0) is 19.7 Å². The molecule has 2 aromatic rings. The van der Waals surface area contributed by atoms with Crippen LogP contribution >= 0.6 is 11.6 Å². The highest BCUT2D eigenvalue weighted by Gasteiger charge is 2.42. The van der Waals surface area contributed by atoms with Crippen molar-refractivity contribution in [2.75, 3.05) is 19.0 Å². The highest BCUT2D eigenvalue weighted by Crippen LogP contribution is 2.41. The lowest BCUT2D eigenvalue weighted by atomic mass is 9.69. The lowest BCUT2D eigenvalue weighted by Crippen LogP contribution is -2.40. The average molecular weight is 429 g/mol. The van der Waals surface area contributed by atoms with Crippen molar-refractivity contribution >= 4 is 35.1 Å². The standard InChI is InChI=1S/C23H25ClN2O4/c1-25-21(28)16-8-10-19(11-9-16)26-20(27)15-30-22(29)23(12-3-2-4-13-23)17-6-5-7-18(24)14-17/h5-11,14H,2-4,12-13,15H2,1H3,(H,25,28)(H,26,27). The van der Waals surface area contributed by atoms with Crippen LogP contribution < -0.4 is 10.6 Å². The normalized spacial score (nSPS) is 15.1. The predicted molar refractivity (Wildman–Crippen MR) is 116 cm³/mol. The minimum atomic E-state index is -0.765. The van der Waals surface area contributed by atoms with Crippen molar-refractivity contribution in [2.24, 2.45) is 0 Å². The number of rotatable bonds is 6. The van der Waals surface area contributed by atoms with Gasteiger partial charge in [0.1, 0.15) is 0 Å². The molecule has 3 rings (SSSR count). The molecular weight excluding hydrogens is 404 g/mol. The Labute approximate surface area is 180 Å². The van der Waals surface area contributed by atoms with Crippen molar-refractivity contribution in [3.63, 3.8) is 0 Å². The third-order valence-corrected chi connectivity index (χ3v) is 5.70. The number of carbonyl (C=O) groups is 3. The fourth-order valence-electron chi connectivity index (χ4n) is 3.87. The molecule has 2 aromatic carbocycles. The zero-order valence-corrected chi connectivity index (χ0v) is 17.6. The highest BCUT2D eigenvalue weighted by atomic mass is 35.5. The fourth-order valence-corrected chi connectivity index (χ4v) is 4.06. The molecule has 2 amide bonds. The van der Waals surface area contributed by atoms with E-state index >= 15 is 0 Å². The Morgan fingerprint density at radius 3 is 2.37 bits per heavy atom. The molecule has 6 nitrogen and oxygen atoms in total. The summed E-state index contributed by atoms with van der Waals surface area (Å²) in [5.74, 6) is -1.04. The molecule has 0 spiro atoms. The third-order valence-electron chi connectivity index (χ3n) is 5.47. The SMILES string of the molecule is CNC(=O)c1ccc(NC(=O)COC(=O)C2(c3cccc(Cl)c3)CCCCC2)cc1. The number of nitrogens with one attached hydrogen (secondary N) is 2. The molecule has 0 aromatic heterocycles. The molecule has 30 heavy (non-hydrogen) atoms. The first-order valence-electron chi connectivity index (χ1n) is 10.00. The lowest BCUT2D eigenvalue weighted by Gasteiger charge is -2.35. The molecule has 7 heteroatoms. The second-order valence-electron chi connectivity index (χ2n) is 7.43. The second-order valence-corrected chi connectivity index (χ2v) is 7.87. The Kier molecular flexibility index (Phi) is 7.11. The van der Waals surface area contributed by atoms with Crippen LogP contribution in [0.3, 0.4) is 0 Å². The number of esters is 1. The van der Waals surface area contributed by atoms with Gasteiger partial charge in [-0.1, -0.05) is 43.0 Å². The molecule has 1 fully saturated rings. The lowest BCUT2D eigenvalue weighted by molar-refractivity contribution is -0.154. The van der Waals surface area contributed by atoms with Gasteiger partial charge in [-0.3, -0.25) is 14.4 Å². The molecule has 0 atom stereocenters. The number of ether oxygens (including phenoxy) is 1. The van der Waals surface area contributed by atoms with E-state index in [1.54, 1.807) is 37.4 Å². The van der Waals surface area contributed by atoms with Gasteiger partial charge in [-0.25, -0.2) is 0 Å². The number of amides is 2. The maximum atomic E-state index is 13.1. The quantitative estimate of drug-likeness (QED) is 0.679. The summed E-state index contributed by atoms with van der Waals surface area (Å²) in [4.78, 5) is 36.9. The Hall–Kier alpha value is -2.86. The summed E-state index contributed by atoms with van der Waals surface area (Å²) in [6.45, 7) is -0.377. The van der Waals surface area contributed by atoms with E-state index in [0.29, 0.717) is 29.1 Å². The summed E-state index contributed by atoms with van der Waals surface area (Å²) in [6.07, 6.45) is 4.27. The van der Waals surface area contributed by atoms with Crippen molar-refractivity contribution in [2.45, 2.75) is 37.5 Å². The minimum absolute atomic E-state index is 0.208. The molecule has 1 saturated carbocycles. The number of carbonyl (C=O) groups excluding carboxylic acids is 3. The average Bonchev–Trinajstić information content (AvgIpc) is 2.78. The number of hydrogen-bond acceptors (Lipinski definition) is 4. The minimum Gasteiger partial charge on any atom is -0.455 e. The number of halogens is 1. The van der Waals surface area contributed by atoms with Crippen LogP contribution in [-0.4, -0.2) is 31.4 Å². The van der Waals surface area contributed by atoms with Crippen molar-refractivity contribution in [1.82, 2.24) is 5.32 Å². The number of hydrogen-bond donors (Lipinski definition) is 2. The maximum Gasteiger partial charge on any atom is 0.317 e. The van der Waals surface area contributed by atoms with Crippen molar-refractivity contribution in [1.29, 1.82) is 0 Å². The van der Waals surface area contributed by atoms with Crippen LogP contribution in [0.15, 0.2) is 48.5 Å². The summed E-state index contributed by atoms with van der Waals surface area (Å²) in [6, 6.07) is 13.8. The van der Waals surface area contributed by atoms with Gasteiger partial charge in [0, 0.05) is 23.3 Å². The summed E-state index contributed by atoms with van der Waals surface area (Å²) in [7, 11) is 1.55. The Balaban J connectivity index is 1.64. The van der Waals surface area contributed by atoms with Gasteiger partial charge >= 0.3 is 5.97 Å². The summed E-state index contributed by atoms with van der Waals surface area (Å²) < 4.78 is 5.43. The van der Waals surface area contributed by atoms with E-state index in [2.05, 4.69) is 10.6 Å².